The van der Waals surface area contributed by atoms with E-state index in [0.717, 1.165) is 5.56 Å². The van der Waals surface area contributed by atoms with Gasteiger partial charge >= 0.3 is 0 Å². The summed E-state index contributed by atoms with van der Waals surface area (Å²) in [6, 6.07) is 21.5. The molecular formula is C25H22N2O5. The SMILES string of the molecule is COc1ccc(C(=O)N/C(=C\c2ccc3c(c2)OCO3)C(=O)NCc2ccccc2)cc1. The van der Waals surface area contributed by atoms with E-state index >= 15 is 0 Å². The van der Waals surface area contributed by atoms with Crippen molar-refractivity contribution in [2.45, 2.75) is 6.54 Å². The van der Waals surface area contributed by atoms with Crippen molar-refractivity contribution < 1.29 is 23.8 Å². The van der Waals surface area contributed by atoms with Gasteiger partial charge in [-0.3, -0.25) is 9.59 Å². The maximum Gasteiger partial charge on any atom is 0.268 e. The van der Waals surface area contributed by atoms with Crippen LogP contribution < -0.4 is 24.8 Å². The number of nitrogens with one attached hydrogen (secondary N) is 2. The zero-order valence-corrected chi connectivity index (χ0v) is 17.5. The fourth-order valence-electron chi connectivity index (χ4n) is 3.14. The molecule has 0 aromatic heterocycles. The highest BCUT2D eigenvalue weighted by atomic mass is 16.7. The van der Waals surface area contributed by atoms with Gasteiger partial charge in [0.05, 0.1) is 7.11 Å². The number of hydrogen-bond donors (Lipinski definition) is 2. The van der Waals surface area contributed by atoms with Crippen LogP contribution in [0.15, 0.2) is 78.5 Å². The number of carbonyl (C=O) groups excluding carboxylic acids is 2. The van der Waals surface area contributed by atoms with E-state index in [-0.39, 0.29) is 12.5 Å². The molecule has 0 radical (unpaired) electrons. The molecule has 4 rings (SSSR count). The highest BCUT2D eigenvalue weighted by Crippen LogP contribution is 2.33. The topological polar surface area (TPSA) is 85.9 Å². The average Bonchev–Trinajstić information content (AvgIpc) is 3.30. The number of amides is 2. The van der Waals surface area contributed by atoms with Crippen LogP contribution in [-0.2, 0) is 11.3 Å². The van der Waals surface area contributed by atoms with Gasteiger partial charge in [0.25, 0.3) is 11.8 Å². The van der Waals surface area contributed by atoms with Crippen LogP contribution in [0.3, 0.4) is 0 Å². The van der Waals surface area contributed by atoms with Gasteiger partial charge in [-0.1, -0.05) is 36.4 Å². The Morgan fingerprint density at radius 2 is 1.72 bits per heavy atom. The van der Waals surface area contributed by atoms with Crippen molar-refractivity contribution in [3.05, 3.63) is 95.2 Å². The first-order chi connectivity index (χ1) is 15.6. The summed E-state index contributed by atoms with van der Waals surface area (Å²) in [7, 11) is 1.55. The smallest absolute Gasteiger partial charge is 0.268 e. The van der Waals surface area contributed by atoms with Gasteiger partial charge in [-0.05, 0) is 53.6 Å². The Bertz CT molecular complexity index is 1140. The maximum atomic E-state index is 13.0. The molecule has 0 unspecified atom stereocenters. The Hall–Kier alpha value is -4.26. The Morgan fingerprint density at radius 1 is 0.969 bits per heavy atom. The van der Waals surface area contributed by atoms with Crippen LogP contribution >= 0.6 is 0 Å². The van der Waals surface area contributed by atoms with Gasteiger partial charge in [0.1, 0.15) is 11.4 Å². The van der Waals surface area contributed by atoms with Gasteiger partial charge in [0, 0.05) is 12.1 Å². The van der Waals surface area contributed by atoms with E-state index in [2.05, 4.69) is 10.6 Å². The monoisotopic (exact) mass is 430 g/mol. The molecule has 1 aliphatic rings. The normalized spacial score (nSPS) is 12.2. The lowest BCUT2D eigenvalue weighted by Crippen LogP contribution is -2.34. The first-order valence-corrected chi connectivity index (χ1v) is 10.0. The fraction of sp³-hybridized carbons (Fsp3) is 0.120. The largest absolute Gasteiger partial charge is 0.497 e. The second-order valence-electron chi connectivity index (χ2n) is 7.02. The third-order valence-electron chi connectivity index (χ3n) is 4.85. The number of ether oxygens (including phenoxy) is 3. The van der Waals surface area contributed by atoms with E-state index in [9.17, 15) is 9.59 Å². The average molecular weight is 430 g/mol. The minimum absolute atomic E-state index is 0.112. The third-order valence-corrected chi connectivity index (χ3v) is 4.85. The number of hydrogen-bond acceptors (Lipinski definition) is 5. The van der Waals surface area contributed by atoms with Gasteiger partial charge < -0.3 is 24.8 Å². The van der Waals surface area contributed by atoms with Crippen LogP contribution in [0.1, 0.15) is 21.5 Å². The third kappa shape index (κ3) is 5.07. The van der Waals surface area contributed by atoms with Crippen LogP contribution in [0.5, 0.6) is 17.2 Å². The Kier molecular flexibility index (Phi) is 6.36. The molecule has 0 spiro atoms. The highest BCUT2D eigenvalue weighted by Gasteiger charge is 2.17. The lowest BCUT2D eigenvalue weighted by molar-refractivity contribution is -0.117. The minimum atomic E-state index is -0.409. The molecule has 2 amide bonds. The number of benzene rings is 3. The minimum Gasteiger partial charge on any atom is -0.497 e. The summed E-state index contributed by atoms with van der Waals surface area (Å²) >= 11 is 0. The maximum absolute atomic E-state index is 13.0. The first kappa shape index (κ1) is 21.0. The molecular weight excluding hydrogens is 408 g/mol. The molecule has 0 fully saturated rings. The standard InChI is InChI=1S/C25H22N2O5/c1-30-20-10-8-19(9-11-20)24(28)27-21(25(29)26-15-17-5-3-2-4-6-17)13-18-7-12-22-23(14-18)32-16-31-22/h2-14H,15-16H2,1H3,(H,26,29)(H,27,28)/b21-13-. The second-order valence-corrected chi connectivity index (χ2v) is 7.02. The van der Waals surface area contributed by atoms with Crippen molar-refractivity contribution in [1.82, 2.24) is 10.6 Å². The highest BCUT2D eigenvalue weighted by molar-refractivity contribution is 6.05. The van der Waals surface area contributed by atoms with E-state index in [1.807, 2.05) is 30.3 Å². The first-order valence-electron chi connectivity index (χ1n) is 10.0. The molecule has 0 atom stereocenters. The summed E-state index contributed by atoms with van der Waals surface area (Å²) in [4.78, 5) is 25.7. The second kappa shape index (κ2) is 9.70. The number of fused-ring (bicyclic) bond motifs is 1. The van der Waals surface area contributed by atoms with E-state index < -0.39 is 11.8 Å². The van der Waals surface area contributed by atoms with Crippen LogP contribution in [0.25, 0.3) is 6.08 Å². The van der Waals surface area contributed by atoms with E-state index in [1.165, 1.54) is 0 Å². The van der Waals surface area contributed by atoms with Crippen LogP contribution in [0.4, 0.5) is 0 Å². The molecule has 7 heteroatoms. The van der Waals surface area contributed by atoms with Crippen molar-refractivity contribution in [2.24, 2.45) is 0 Å². The molecule has 7 nitrogen and oxygen atoms in total. The van der Waals surface area contributed by atoms with E-state index in [0.29, 0.717) is 34.9 Å². The zero-order valence-electron chi connectivity index (χ0n) is 17.5. The lowest BCUT2D eigenvalue weighted by atomic mass is 10.1. The Balaban J connectivity index is 1.56. The quantitative estimate of drug-likeness (QED) is 0.561. The van der Waals surface area contributed by atoms with E-state index in [1.54, 1.807) is 55.7 Å². The predicted octanol–water partition coefficient (Wildman–Crippen LogP) is 3.51. The van der Waals surface area contributed by atoms with Gasteiger partial charge in [0.2, 0.25) is 6.79 Å². The lowest BCUT2D eigenvalue weighted by Gasteiger charge is -2.12. The summed E-state index contributed by atoms with van der Waals surface area (Å²) in [6.45, 7) is 0.484. The van der Waals surface area contributed by atoms with Crippen molar-refractivity contribution in [1.29, 1.82) is 0 Å². The summed E-state index contributed by atoms with van der Waals surface area (Å²) < 4.78 is 15.9. The number of rotatable bonds is 7. The van der Waals surface area contributed by atoms with Gasteiger partial charge in [-0.25, -0.2) is 0 Å². The summed E-state index contributed by atoms with van der Waals surface area (Å²) in [5, 5.41) is 5.57. The molecule has 1 heterocycles. The van der Waals surface area contributed by atoms with Crippen LogP contribution in [0.2, 0.25) is 0 Å². The van der Waals surface area contributed by atoms with Crippen LogP contribution in [0, 0.1) is 0 Å². The molecule has 3 aromatic carbocycles. The molecule has 2 N–H and O–H groups in total. The summed E-state index contributed by atoms with van der Waals surface area (Å²) in [5.74, 6) is 1.05. The zero-order chi connectivity index (χ0) is 22.3. The molecule has 0 saturated heterocycles. The molecule has 162 valence electrons. The molecule has 0 aliphatic carbocycles. The summed E-state index contributed by atoms with van der Waals surface area (Å²) in [6.07, 6.45) is 1.60. The van der Waals surface area contributed by atoms with Crippen LogP contribution in [-0.4, -0.2) is 25.7 Å². The fourth-order valence-corrected chi connectivity index (χ4v) is 3.14. The molecule has 0 saturated carbocycles. The van der Waals surface area contributed by atoms with Gasteiger partial charge in [-0.2, -0.15) is 0 Å². The van der Waals surface area contributed by atoms with Crippen molar-refractivity contribution >= 4 is 17.9 Å². The van der Waals surface area contributed by atoms with Crippen molar-refractivity contribution in [3.63, 3.8) is 0 Å². The Labute approximate surface area is 185 Å². The predicted molar refractivity (Wildman–Crippen MR) is 119 cm³/mol. The Morgan fingerprint density at radius 3 is 2.47 bits per heavy atom. The van der Waals surface area contributed by atoms with Crippen molar-refractivity contribution in [3.8, 4) is 17.2 Å². The van der Waals surface area contributed by atoms with Gasteiger partial charge in [0.15, 0.2) is 11.5 Å². The molecule has 0 bridgehead atoms. The van der Waals surface area contributed by atoms with Gasteiger partial charge in [-0.15, -0.1) is 0 Å². The molecule has 3 aromatic rings. The summed E-state index contributed by atoms with van der Waals surface area (Å²) in [5.41, 5.74) is 2.15. The van der Waals surface area contributed by atoms with E-state index in [4.69, 9.17) is 14.2 Å². The molecule has 1 aliphatic heterocycles. The number of methoxy groups -OCH3 is 1. The number of carbonyl (C=O) groups is 2. The molecule has 32 heavy (non-hydrogen) atoms. The van der Waals surface area contributed by atoms with Crippen molar-refractivity contribution in [2.75, 3.05) is 13.9 Å².